The third-order valence-electron chi connectivity index (χ3n) is 2.32. The fraction of sp³-hybridized carbons (Fsp3) is 0.0769. The van der Waals surface area contributed by atoms with Crippen LogP contribution in [-0.4, -0.2) is 17.9 Å². The van der Waals surface area contributed by atoms with Gasteiger partial charge in [0.2, 0.25) is 5.78 Å². The van der Waals surface area contributed by atoms with Gasteiger partial charge >= 0.3 is 0 Å². The van der Waals surface area contributed by atoms with Gasteiger partial charge in [0.05, 0.1) is 7.11 Å². The molecule has 0 saturated heterocycles. The summed E-state index contributed by atoms with van der Waals surface area (Å²) in [6.07, 6.45) is 1.60. The van der Waals surface area contributed by atoms with Crippen LogP contribution in [0.2, 0.25) is 0 Å². The highest BCUT2D eigenvalue weighted by Crippen LogP contribution is 2.24. The molecule has 0 aliphatic carbocycles. The van der Waals surface area contributed by atoms with E-state index in [1.54, 1.807) is 49.7 Å². The lowest BCUT2D eigenvalue weighted by atomic mass is 10.1. The molecule has 2 aromatic rings. The number of carbonyl (C=O) groups is 1. The van der Waals surface area contributed by atoms with E-state index < -0.39 is 0 Å². The predicted molar refractivity (Wildman–Crippen MR) is 68.4 cm³/mol. The molecule has 0 spiro atoms. The van der Waals surface area contributed by atoms with E-state index in [1.165, 1.54) is 0 Å². The molecule has 86 valence electrons. The predicted octanol–water partition coefficient (Wildman–Crippen LogP) is 3.08. The van der Waals surface area contributed by atoms with Crippen LogP contribution < -0.4 is 4.74 Å². The lowest BCUT2D eigenvalue weighted by molar-refractivity contribution is 0.103. The van der Waals surface area contributed by atoms with Gasteiger partial charge in [0.1, 0.15) is 11.4 Å². The molecule has 0 aliphatic rings. The number of methoxy groups -OCH3 is 1. The first-order valence-corrected chi connectivity index (χ1v) is 5.81. The van der Waals surface area contributed by atoms with E-state index in [9.17, 15) is 4.79 Å². The zero-order valence-electron chi connectivity index (χ0n) is 9.18. The van der Waals surface area contributed by atoms with Crippen molar-refractivity contribution in [3.63, 3.8) is 0 Å². The van der Waals surface area contributed by atoms with Crippen LogP contribution in [0.1, 0.15) is 16.1 Å². The summed E-state index contributed by atoms with van der Waals surface area (Å²) in [7, 11) is 1.57. The summed E-state index contributed by atoms with van der Waals surface area (Å²) >= 11 is 3.35. The smallest absolute Gasteiger partial charge is 0.212 e. The zero-order valence-corrected chi connectivity index (χ0v) is 10.8. The van der Waals surface area contributed by atoms with Crippen molar-refractivity contribution >= 4 is 21.7 Å². The molecule has 0 radical (unpaired) electrons. The molecule has 0 atom stereocenters. The fourth-order valence-electron chi connectivity index (χ4n) is 1.44. The quantitative estimate of drug-likeness (QED) is 0.816. The maximum Gasteiger partial charge on any atom is 0.212 e. The van der Waals surface area contributed by atoms with Crippen molar-refractivity contribution in [3.8, 4) is 5.75 Å². The van der Waals surface area contributed by atoms with Crippen LogP contribution in [0.15, 0.2) is 47.1 Å². The first-order chi connectivity index (χ1) is 8.22. The maximum atomic E-state index is 12.2. The Morgan fingerprint density at radius 3 is 2.76 bits per heavy atom. The summed E-state index contributed by atoms with van der Waals surface area (Å²) < 4.78 is 5.83. The molecule has 0 bridgehead atoms. The largest absolute Gasteiger partial charge is 0.497 e. The summed E-state index contributed by atoms with van der Waals surface area (Å²) in [4.78, 5) is 16.2. The third-order valence-corrected chi connectivity index (χ3v) is 3.01. The van der Waals surface area contributed by atoms with Crippen LogP contribution >= 0.6 is 15.9 Å². The molecule has 0 amide bonds. The van der Waals surface area contributed by atoms with Crippen molar-refractivity contribution in [2.45, 2.75) is 0 Å². The molecule has 1 aromatic heterocycles. The Bertz CT molecular complexity index is 540. The van der Waals surface area contributed by atoms with Crippen molar-refractivity contribution in [3.05, 3.63) is 58.3 Å². The second-order valence-electron chi connectivity index (χ2n) is 3.39. The molecule has 0 N–H and O–H groups in total. The second kappa shape index (κ2) is 5.10. The summed E-state index contributed by atoms with van der Waals surface area (Å²) in [5.41, 5.74) is 0.963. The number of carbonyl (C=O) groups excluding carboxylic acids is 1. The average molecular weight is 292 g/mol. The fourth-order valence-corrected chi connectivity index (χ4v) is 1.87. The highest BCUT2D eigenvalue weighted by atomic mass is 79.9. The van der Waals surface area contributed by atoms with E-state index >= 15 is 0 Å². The highest BCUT2D eigenvalue weighted by molar-refractivity contribution is 9.10. The molecule has 3 nitrogen and oxygen atoms in total. The van der Waals surface area contributed by atoms with Crippen LogP contribution in [0, 0.1) is 0 Å². The van der Waals surface area contributed by atoms with Gasteiger partial charge in [0.15, 0.2) is 0 Å². The molecule has 2 rings (SSSR count). The van der Waals surface area contributed by atoms with Crippen molar-refractivity contribution in [2.75, 3.05) is 7.11 Å². The van der Waals surface area contributed by atoms with Gasteiger partial charge in [0.25, 0.3) is 0 Å². The first-order valence-electron chi connectivity index (χ1n) is 5.01. The molecular weight excluding hydrogens is 282 g/mol. The highest BCUT2D eigenvalue weighted by Gasteiger charge is 2.14. The molecule has 0 aliphatic heterocycles. The zero-order chi connectivity index (χ0) is 12.3. The van der Waals surface area contributed by atoms with Gasteiger partial charge in [-0.1, -0.05) is 22.0 Å². The Hall–Kier alpha value is -1.68. The van der Waals surface area contributed by atoms with Gasteiger partial charge < -0.3 is 4.74 Å². The van der Waals surface area contributed by atoms with Crippen molar-refractivity contribution in [1.29, 1.82) is 0 Å². The van der Waals surface area contributed by atoms with Crippen LogP contribution in [0.5, 0.6) is 5.75 Å². The van der Waals surface area contributed by atoms with Gasteiger partial charge in [0, 0.05) is 16.2 Å². The van der Waals surface area contributed by atoms with Gasteiger partial charge in [-0.2, -0.15) is 0 Å². The normalized spacial score (nSPS) is 10.0. The minimum Gasteiger partial charge on any atom is -0.497 e. The number of halogens is 1. The second-order valence-corrected chi connectivity index (χ2v) is 4.24. The number of ketones is 1. The Balaban J connectivity index is 2.44. The lowest BCUT2D eigenvalue weighted by Crippen LogP contribution is -2.04. The van der Waals surface area contributed by atoms with Crippen LogP contribution in [-0.2, 0) is 0 Å². The Labute approximate surface area is 108 Å². The number of ether oxygens (including phenoxy) is 1. The van der Waals surface area contributed by atoms with E-state index in [0.717, 1.165) is 4.47 Å². The molecular formula is C13H10BrNO2. The van der Waals surface area contributed by atoms with E-state index in [4.69, 9.17) is 4.74 Å². The lowest BCUT2D eigenvalue weighted by Gasteiger charge is -2.06. The summed E-state index contributed by atoms with van der Waals surface area (Å²) in [5.74, 6) is 0.517. The van der Waals surface area contributed by atoms with E-state index in [-0.39, 0.29) is 5.78 Å². The third kappa shape index (κ3) is 2.53. The number of aromatic nitrogens is 1. The minimum absolute atomic E-state index is 0.128. The molecule has 0 fully saturated rings. The first kappa shape index (κ1) is 11.8. The molecule has 0 saturated carbocycles. The number of nitrogens with zero attached hydrogens (tertiary/aromatic N) is 1. The SMILES string of the molecule is COc1ccc(Br)c(C(=O)c2ccccn2)c1. The Morgan fingerprint density at radius 1 is 1.29 bits per heavy atom. The van der Waals surface area contributed by atoms with Gasteiger partial charge in [-0.15, -0.1) is 0 Å². The summed E-state index contributed by atoms with van der Waals surface area (Å²) in [5, 5.41) is 0. The Kier molecular flexibility index (Phi) is 3.54. The van der Waals surface area contributed by atoms with E-state index in [2.05, 4.69) is 20.9 Å². The van der Waals surface area contributed by atoms with E-state index in [0.29, 0.717) is 17.0 Å². The maximum absolute atomic E-state index is 12.2. The van der Waals surface area contributed by atoms with E-state index in [1.807, 2.05) is 0 Å². The molecule has 4 heteroatoms. The monoisotopic (exact) mass is 291 g/mol. The van der Waals surface area contributed by atoms with Crippen LogP contribution in [0.3, 0.4) is 0 Å². The number of rotatable bonds is 3. The number of hydrogen-bond donors (Lipinski definition) is 0. The van der Waals surface area contributed by atoms with Crippen molar-refractivity contribution in [2.24, 2.45) is 0 Å². The number of pyridine rings is 1. The molecule has 1 heterocycles. The van der Waals surface area contributed by atoms with Crippen LogP contribution in [0.4, 0.5) is 0 Å². The molecule has 0 unspecified atom stereocenters. The van der Waals surface area contributed by atoms with Gasteiger partial charge in [-0.25, -0.2) is 0 Å². The van der Waals surface area contributed by atoms with Crippen molar-refractivity contribution in [1.82, 2.24) is 4.98 Å². The molecule has 17 heavy (non-hydrogen) atoms. The number of benzene rings is 1. The van der Waals surface area contributed by atoms with Gasteiger partial charge in [-0.05, 0) is 30.3 Å². The Morgan fingerprint density at radius 2 is 2.12 bits per heavy atom. The van der Waals surface area contributed by atoms with Gasteiger partial charge in [-0.3, -0.25) is 9.78 Å². The standard InChI is InChI=1S/C13H10BrNO2/c1-17-9-5-6-11(14)10(8-9)13(16)12-4-2-3-7-15-12/h2-8H,1H3. The average Bonchev–Trinajstić information content (AvgIpc) is 2.39. The topological polar surface area (TPSA) is 39.2 Å². The summed E-state index contributed by atoms with van der Waals surface area (Å²) in [6, 6.07) is 10.5. The molecule has 1 aromatic carbocycles. The van der Waals surface area contributed by atoms with Crippen LogP contribution in [0.25, 0.3) is 0 Å². The summed E-state index contributed by atoms with van der Waals surface area (Å²) in [6.45, 7) is 0. The van der Waals surface area contributed by atoms with Crippen molar-refractivity contribution < 1.29 is 9.53 Å². The number of hydrogen-bond acceptors (Lipinski definition) is 3. The minimum atomic E-state index is -0.128.